The van der Waals surface area contributed by atoms with Crippen molar-refractivity contribution in [2.24, 2.45) is 0 Å². The van der Waals surface area contributed by atoms with Gasteiger partial charge >= 0.3 is 0 Å². The minimum absolute atomic E-state index is 0.144. The van der Waals surface area contributed by atoms with Crippen LogP contribution in [0.5, 0.6) is 0 Å². The van der Waals surface area contributed by atoms with Gasteiger partial charge in [-0.1, -0.05) is 35.9 Å². The molecule has 3 heterocycles. The standard InChI is InChI=1S/C25H28ClN3O/c1-17(30)29-16-19(21-4-2-3-5-25(21)29)10-13-28-11-8-18(9-12-28)23-15-27-24-14-20(26)6-7-22(23)24/h2-7,14-15,18-19,27H,8-13,16H2,1H3. The lowest BCUT2D eigenvalue weighted by Gasteiger charge is -2.32. The van der Waals surface area contributed by atoms with Gasteiger partial charge in [0.1, 0.15) is 0 Å². The van der Waals surface area contributed by atoms with Gasteiger partial charge in [-0.2, -0.15) is 0 Å². The lowest BCUT2D eigenvalue weighted by molar-refractivity contribution is -0.116. The maximum absolute atomic E-state index is 12.0. The number of amides is 1. The molecule has 1 saturated heterocycles. The second-order valence-electron chi connectivity index (χ2n) is 8.72. The Kier molecular flexibility index (Phi) is 5.30. The summed E-state index contributed by atoms with van der Waals surface area (Å²) in [6.45, 7) is 5.86. The number of H-pyrrole nitrogens is 1. The molecule has 1 unspecified atom stereocenters. The van der Waals surface area contributed by atoms with Crippen LogP contribution < -0.4 is 4.90 Å². The van der Waals surface area contributed by atoms with Gasteiger partial charge in [-0.15, -0.1) is 0 Å². The first kappa shape index (κ1) is 19.7. The van der Waals surface area contributed by atoms with Crippen molar-refractivity contribution in [1.29, 1.82) is 0 Å². The van der Waals surface area contributed by atoms with Crippen LogP contribution in [0.3, 0.4) is 0 Å². The van der Waals surface area contributed by atoms with Crippen molar-refractivity contribution < 1.29 is 4.79 Å². The summed E-state index contributed by atoms with van der Waals surface area (Å²) in [6.07, 6.45) is 5.66. The molecule has 1 aromatic heterocycles. The smallest absolute Gasteiger partial charge is 0.223 e. The van der Waals surface area contributed by atoms with Crippen molar-refractivity contribution in [2.75, 3.05) is 31.1 Å². The van der Waals surface area contributed by atoms with E-state index in [4.69, 9.17) is 11.6 Å². The largest absolute Gasteiger partial charge is 0.361 e. The zero-order valence-corrected chi connectivity index (χ0v) is 18.2. The number of carbonyl (C=O) groups excluding carboxylic acids is 1. The van der Waals surface area contributed by atoms with Gasteiger partial charge in [0.25, 0.3) is 0 Å². The number of hydrogen-bond acceptors (Lipinski definition) is 2. The Morgan fingerprint density at radius 2 is 1.93 bits per heavy atom. The number of hydrogen-bond donors (Lipinski definition) is 1. The summed E-state index contributed by atoms with van der Waals surface area (Å²) in [7, 11) is 0. The van der Waals surface area contributed by atoms with Gasteiger partial charge in [0.15, 0.2) is 0 Å². The highest BCUT2D eigenvalue weighted by molar-refractivity contribution is 6.31. The second-order valence-corrected chi connectivity index (χ2v) is 9.16. The maximum Gasteiger partial charge on any atom is 0.223 e. The topological polar surface area (TPSA) is 39.3 Å². The maximum atomic E-state index is 12.0. The van der Waals surface area contributed by atoms with E-state index >= 15 is 0 Å². The highest BCUT2D eigenvalue weighted by Crippen LogP contribution is 2.39. The Hall–Kier alpha value is -2.30. The van der Waals surface area contributed by atoms with Gasteiger partial charge < -0.3 is 14.8 Å². The first-order valence-electron chi connectivity index (χ1n) is 11.0. The number of para-hydroxylation sites is 1. The van der Waals surface area contributed by atoms with Crippen LogP contribution in [0.2, 0.25) is 5.02 Å². The molecule has 30 heavy (non-hydrogen) atoms. The molecule has 2 aliphatic heterocycles. The van der Waals surface area contributed by atoms with Crippen LogP contribution in [-0.4, -0.2) is 42.0 Å². The molecule has 1 atom stereocenters. The zero-order valence-electron chi connectivity index (χ0n) is 17.4. The monoisotopic (exact) mass is 421 g/mol. The fourth-order valence-electron chi connectivity index (χ4n) is 5.31. The van der Waals surface area contributed by atoms with E-state index in [1.807, 2.05) is 23.1 Å². The molecule has 5 rings (SSSR count). The third kappa shape index (κ3) is 3.63. The molecule has 0 aliphatic carbocycles. The minimum Gasteiger partial charge on any atom is -0.361 e. The van der Waals surface area contributed by atoms with Crippen molar-refractivity contribution in [1.82, 2.24) is 9.88 Å². The van der Waals surface area contributed by atoms with Crippen LogP contribution in [0.4, 0.5) is 5.69 Å². The van der Waals surface area contributed by atoms with Crippen LogP contribution in [0.1, 0.15) is 49.1 Å². The summed E-state index contributed by atoms with van der Waals surface area (Å²) in [5.41, 5.74) is 5.01. The summed E-state index contributed by atoms with van der Waals surface area (Å²) in [6, 6.07) is 14.5. The number of aromatic nitrogens is 1. The number of piperidine rings is 1. The number of rotatable bonds is 4. The molecule has 0 spiro atoms. The Morgan fingerprint density at radius 1 is 1.13 bits per heavy atom. The van der Waals surface area contributed by atoms with Gasteiger partial charge in [-0.05, 0) is 74.1 Å². The SMILES string of the molecule is CC(=O)N1CC(CCN2CCC(c3c[nH]c4cc(Cl)ccc34)CC2)c2ccccc21. The molecule has 4 nitrogen and oxygen atoms in total. The summed E-state index contributed by atoms with van der Waals surface area (Å²) < 4.78 is 0. The molecule has 1 fully saturated rings. The third-order valence-corrected chi connectivity index (χ3v) is 7.18. The lowest BCUT2D eigenvalue weighted by atomic mass is 9.89. The number of nitrogens with zero attached hydrogens (tertiary/aromatic N) is 2. The number of halogens is 1. The normalized spacial score (nSPS) is 20.1. The van der Waals surface area contributed by atoms with Gasteiger partial charge in [0.05, 0.1) is 0 Å². The van der Waals surface area contributed by atoms with Crippen LogP contribution in [0.15, 0.2) is 48.7 Å². The van der Waals surface area contributed by atoms with Crippen molar-refractivity contribution in [2.45, 2.75) is 38.0 Å². The zero-order chi connectivity index (χ0) is 20.7. The Balaban J connectivity index is 1.19. The lowest BCUT2D eigenvalue weighted by Crippen LogP contribution is -2.34. The molecule has 2 aromatic carbocycles. The number of carbonyl (C=O) groups is 1. The molecule has 0 radical (unpaired) electrons. The Morgan fingerprint density at radius 3 is 2.73 bits per heavy atom. The van der Waals surface area contributed by atoms with E-state index in [1.165, 1.54) is 29.4 Å². The minimum atomic E-state index is 0.144. The quantitative estimate of drug-likeness (QED) is 0.600. The van der Waals surface area contributed by atoms with E-state index in [1.54, 1.807) is 6.92 Å². The van der Waals surface area contributed by atoms with Crippen LogP contribution in [-0.2, 0) is 4.79 Å². The van der Waals surface area contributed by atoms with Gasteiger partial charge in [-0.25, -0.2) is 0 Å². The van der Waals surface area contributed by atoms with E-state index in [-0.39, 0.29) is 5.91 Å². The molecular formula is C25H28ClN3O. The summed E-state index contributed by atoms with van der Waals surface area (Å²) in [4.78, 5) is 20.0. The number of aromatic amines is 1. The molecule has 1 N–H and O–H groups in total. The fourth-order valence-corrected chi connectivity index (χ4v) is 5.48. The molecule has 2 aliphatic rings. The number of nitrogens with one attached hydrogen (secondary N) is 1. The van der Waals surface area contributed by atoms with Crippen LogP contribution >= 0.6 is 11.6 Å². The Labute approximate surface area is 182 Å². The molecule has 0 saturated carbocycles. The molecule has 3 aromatic rings. The molecule has 5 heteroatoms. The van der Waals surface area contributed by atoms with E-state index in [0.717, 1.165) is 48.8 Å². The predicted octanol–water partition coefficient (Wildman–Crippen LogP) is 5.54. The Bertz CT molecular complexity index is 1070. The number of anilines is 1. The average molecular weight is 422 g/mol. The summed E-state index contributed by atoms with van der Waals surface area (Å²) >= 11 is 6.13. The molecule has 0 bridgehead atoms. The van der Waals surface area contributed by atoms with Crippen molar-refractivity contribution in [3.05, 3.63) is 64.8 Å². The number of fused-ring (bicyclic) bond motifs is 2. The van der Waals surface area contributed by atoms with Crippen molar-refractivity contribution in [3.63, 3.8) is 0 Å². The first-order chi connectivity index (χ1) is 14.6. The second kappa shape index (κ2) is 8.09. The predicted molar refractivity (Wildman–Crippen MR) is 124 cm³/mol. The van der Waals surface area contributed by atoms with E-state index in [0.29, 0.717) is 11.8 Å². The van der Waals surface area contributed by atoms with Crippen molar-refractivity contribution >= 4 is 34.1 Å². The van der Waals surface area contributed by atoms with Gasteiger partial charge in [0.2, 0.25) is 5.91 Å². The fraction of sp³-hybridized carbons (Fsp3) is 0.400. The van der Waals surface area contributed by atoms with Gasteiger partial charge in [-0.3, -0.25) is 4.79 Å². The number of likely N-dealkylation sites (tertiary alicyclic amines) is 1. The van der Waals surface area contributed by atoms with Gasteiger partial charge in [0, 0.05) is 47.2 Å². The van der Waals surface area contributed by atoms with Crippen LogP contribution in [0.25, 0.3) is 10.9 Å². The molecule has 156 valence electrons. The van der Waals surface area contributed by atoms with E-state index in [2.05, 4.69) is 40.3 Å². The van der Waals surface area contributed by atoms with E-state index in [9.17, 15) is 4.79 Å². The number of benzene rings is 2. The highest BCUT2D eigenvalue weighted by Gasteiger charge is 2.31. The van der Waals surface area contributed by atoms with Crippen LogP contribution in [0, 0.1) is 0 Å². The highest BCUT2D eigenvalue weighted by atomic mass is 35.5. The summed E-state index contributed by atoms with van der Waals surface area (Å²) in [5, 5.41) is 2.09. The summed E-state index contributed by atoms with van der Waals surface area (Å²) in [5.74, 6) is 1.20. The molecule has 1 amide bonds. The first-order valence-corrected chi connectivity index (χ1v) is 11.3. The average Bonchev–Trinajstić information content (AvgIpc) is 3.34. The third-order valence-electron chi connectivity index (χ3n) is 6.95. The van der Waals surface area contributed by atoms with Crippen molar-refractivity contribution in [3.8, 4) is 0 Å². The molecular weight excluding hydrogens is 394 g/mol. The van der Waals surface area contributed by atoms with E-state index < -0.39 is 0 Å².